The van der Waals surface area contributed by atoms with E-state index in [2.05, 4.69) is 22.1 Å². The Labute approximate surface area is 114 Å². The van der Waals surface area contributed by atoms with Crippen molar-refractivity contribution in [3.05, 3.63) is 22.8 Å². The Morgan fingerprint density at radius 3 is 2.78 bits per heavy atom. The number of pyridine rings is 1. The number of rotatable bonds is 8. The first kappa shape index (κ1) is 15.2. The van der Waals surface area contributed by atoms with Crippen molar-refractivity contribution in [3.8, 4) is 0 Å². The van der Waals surface area contributed by atoms with Crippen LogP contribution in [0.2, 0.25) is 5.02 Å². The smallest absolute Gasteiger partial charge is 0.147 e. The molecule has 1 N–H and O–H groups in total. The first-order valence-corrected chi connectivity index (χ1v) is 6.72. The molecule has 0 unspecified atom stereocenters. The van der Waals surface area contributed by atoms with Gasteiger partial charge in [0.25, 0.3) is 0 Å². The molecule has 0 amide bonds. The average molecular weight is 272 g/mol. The number of likely N-dealkylation sites (N-methyl/N-ethyl adjacent to an activating group) is 1. The zero-order chi connectivity index (χ0) is 13.4. The van der Waals surface area contributed by atoms with E-state index in [-0.39, 0.29) is 0 Å². The summed E-state index contributed by atoms with van der Waals surface area (Å²) >= 11 is 6.28. The molecular weight excluding hydrogens is 250 g/mol. The molecule has 1 rings (SSSR count). The van der Waals surface area contributed by atoms with Crippen molar-refractivity contribution in [2.45, 2.75) is 20.4 Å². The van der Waals surface area contributed by atoms with Crippen molar-refractivity contribution in [1.82, 2.24) is 10.3 Å². The van der Waals surface area contributed by atoms with Gasteiger partial charge in [0.05, 0.1) is 11.6 Å². The minimum atomic E-state index is 0.695. The number of anilines is 1. The standard InChI is InChI=1S/C13H22ClN3O/c1-4-17(6-7-18-5-2)13-12(14)8-11(9-15-3)10-16-13/h8,10,15H,4-7,9H2,1-3H3. The summed E-state index contributed by atoms with van der Waals surface area (Å²) in [4.78, 5) is 6.57. The molecule has 0 radical (unpaired) electrons. The van der Waals surface area contributed by atoms with E-state index in [0.29, 0.717) is 11.6 Å². The summed E-state index contributed by atoms with van der Waals surface area (Å²) in [7, 11) is 1.91. The Balaban J connectivity index is 2.73. The number of aromatic nitrogens is 1. The Kier molecular flexibility index (Phi) is 7.01. The van der Waals surface area contributed by atoms with E-state index in [9.17, 15) is 0 Å². The quantitative estimate of drug-likeness (QED) is 0.737. The molecule has 0 fully saturated rings. The van der Waals surface area contributed by atoms with Crippen LogP contribution in [-0.4, -0.2) is 38.3 Å². The summed E-state index contributed by atoms with van der Waals surface area (Å²) in [5, 5.41) is 3.78. The van der Waals surface area contributed by atoms with Crippen molar-refractivity contribution >= 4 is 17.4 Å². The fraction of sp³-hybridized carbons (Fsp3) is 0.615. The number of hydrogen-bond donors (Lipinski definition) is 1. The van der Waals surface area contributed by atoms with Gasteiger partial charge in [-0.25, -0.2) is 4.98 Å². The number of halogens is 1. The second-order valence-corrected chi connectivity index (χ2v) is 4.36. The lowest BCUT2D eigenvalue weighted by molar-refractivity contribution is 0.154. The normalized spacial score (nSPS) is 10.7. The maximum atomic E-state index is 6.28. The van der Waals surface area contributed by atoms with Gasteiger partial charge in [0.15, 0.2) is 0 Å². The maximum Gasteiger partial charge on any atom is 0.147 e. The van der Waals surface area contributed by atoms with Crippen molar-refractivity contribution in [2.24, 2.45) is 0 Å². The molecule has 102 valence electrons. The van der Waals surface area contributed by atoms with Gasteiger partial charge >= 0.3 is 0 Å². The van der Waals surface area contributed by atoms with Crippen LogP contribution in [0.3, 0.4) is 0 Å². The topological polar surface area (TPSA) is 37.4 Å². The van der Waals surface area contributed by atoms with Crippen LogP contribution in [0.25, 0.3) is 0 Å². The van der Waals surface area contributed by atoms with Gasteiger partial charge < -0.3 is 15.0 Å². The molecule has 0 saturated carbocycles. The fourth-order valence-electron chi connectivity index (χ4n) is 1.74. The molecule has 18 heavy (non-hydrogen) atoms. The van der Waals surface area contributed by atoms with Crippen LogP contribution in [0.4, 0.5) is 5.82 Å². The molecular formula is C13H22ClN3O. The largest absolute Gasteiger partial charge is 0.380 e. The summed E-state index contributed by atoms with van der Waals surface area (Å²) in [6.07, 6.45) is 1.86. The molecule has 1 heterocycles. The summed E-state index contributed by atoms with van der Waals surface area (Å²) in [6.45, 7) is 7.96. The predicted molar refractivity (Wildman–Crippen MR) is 76.4 cm³/mol. The van der Waals surface area contributed by atoms with E-state index >= 15 is 0 Å². The van der Waals surface area contributed by atoms with Gasteiger partial charge in [-0.2, -0.15) is 0 Å². The van der Waals surface area contributed by atoms with Crippen LogP contribution in [0.15, 0.2) is 12.3 Å². The molecule has 0 bridgehead atoms. The summed E-state index contributed by atoms with van der Waals surface area (Å²) in [5.74, 6) is 0.832. The number of ether oxygens (including phenoxy) is 1. The number of nitrogens with one attached hydrogen (secondary N) is 1. The molecule has 0 aliphatic carbocycles. The van der Waals surface area contributed by atoms with Gasteiger partial charge in [-0.15, -0.1) is 0 Å². The predicted octanol–water partition coefficient (Wildman–Crippen LogP) is 2.32. The summed E-state index contributed by atoms with van der Waals surface area (Å²) < 4.78 is 5.37. The van der Waals surface area contributed by atoms with E-state index in [1.165, 1.54) is 0 Å². The van der Waals surface area contributed by atoms with Crippen molar-refractivity contribution < 1.29 is 4.74 Å². The molecule has 0 saturated heterocycles. The van der Waals surface area contributed by atoms with Gasteiger partial charge in [0.2, 0.25) is 0 Å². The zero-order valence-electron chi connectivity index (χ0n) is 11.4. The Morgan fingerprint density at radius 2 is 2.22 bits per heavy atom. The molecule has 1 aromatic heterocycles. The molecule has 0 spiro atoms. The Hall–Kier alpha value is -0.840. The van der Waals surface area contributed by atoms with Crippen LogP contribution in [0.5, 0.6) is 0 Å². The fourth-order valence-corrected chi connectivity index (χ4v) is 2.05. The van der Waals surface area contributed by atoms with E-state index in [4.69, 9.17) is 16.3 Å². The highest BCUT2D eigenvalue weighted by molar-refractivity contribution is 6.33. The highest BCUT2D eigenvalue weighted by atomic mass is 35.5. The van der Waals surface area contributed by atoms with E-state index < -0.39 is 0 Å². The van der Waals surface area contributed by atoms with Crippen molar-refractivity contribution in [1.29, 1.82) is 0 Å². The first-order chi connectivity index (χ1) is 8.72. The number of hydrogen-bond acceptors (Lipinski definition) is 4. The third kappa shape index (κ3) is 4.44. The third-order valence-electron chi connectivity index (χ3n) is 2.65. The molecule has 1 aromatic rings. The van der Waals surface area contributed by atoms with Gasteiger partial charge in [-0.3, -0.25) is 0 Å². The minimum Gasteiger partial charge on any atom is -0.380 e. The lowest BCUT2D eigenvalue weighted by Crippen LogP contribution is -2.28. The molecule has 0 atom stereocenters. The highest BCUT2D eigenvalue weighted by Crippen LogP contribution is 2.23. The SMILES string of the molecule is CCOCCN(CC)c1ncc(CNC)cc1Cl. The van der Waals surface area contributed by atoms with Crippen LogP contribution in [0, 0.1) is 0 Å². The van der Waals surface area contributed by atoms with E-state index in [0.717, 1.165) is 37.6 Å². The average Bonchev–Trinajstić information content (AvgIpc) is 2.36. The van der Waals surface area contributed by atoms with E-state index in [1.54, 1.807) is 0 Å². The third-order valence-corrected chi connectivity index (χ3v) is 2.93. The molecule has 0 aromatic carbocycles. The maximum absolute atomic E-state index is 6.28. The number of nitrogens with zero attached hydrogens (tertiary/aromatic N) is 2. The summed E-state index contributed by atoms with van der Waals surface area (Å²) in [6, 6.07) is 1.96. The van der Waals surface area contributed by atoms with Gasteiger partial charge in [-0.05, 0) is 32.5 Å². The zero-order valence-corrected chi connectivity index (χ0v) is 12.1. The van der Waals surface area contributed by atoms with Gasteiger partial charge in [0.1, 0.15) is 5.82 Å². The molecule has 0 aliphatic heterocycles. The van der Waals surface area contributed by atoms with Crippen molar-refractivity contribution in [3.63, 3.8) is 0 Å². The lowest BCUT2D eigenvalue weighted by Gasteiger charge is -2.23. The monoisotopic (exact) mass is 271 g/mol. The highest BCUT2D eigenvalue weighted by Gasteiger charge is 2.10. The first-order valence-electron chi connectivity index (χ1n) is 6.34. The molecule has 5 heteroatoms. The van der Waals surface area contributed by atoms with Crippen LogP contribution < -0.4 is 10.2 Å². The molecule has 4 nitrogen and oxygen atoms in total. The van der Waals surface area contributed by atoms with E-state index in [1.807, 2.05) is 26.2 Å². The summed E-state index contributed by atoms with van der Waals surface area (Å²) in [5.41, 5.74) is 1.09. The second-order valence-electron chi connectivity index (χ2n) is 3.96. The lowest BCUT2D eigenvalue weighted by atomic mass is 10.2. The van der Waals surface area contributed by atoms with Gasteiger partial charge in [-0.1, -0.05) is 11.6 Å². The second kappa shape index (κ2) is 8.29. The van der Waals surface area contributed by atoms with Gasteiger partial charge in [0, 0.05) is 32.4 Å². The Morgan fingerprint density at radius 1 is 1.44 bits per heavy atom. The minimum absolute atomic E-state index is 0.695. The molecule has 0 aliphatic rings. The van der Waals surface area contributed by atoms with Crippen LogP contribution in [0.1, 0.15) is 19.4 Å². The Bertz CT molecular complexity index is 360. The van der Waals surface area contributed by atoms with Crippen LogP contribution in [-0.2, 0) is 11.3 Å². The van der Waals surface area contributed by atoms with Crippen LogP contribution >= 0.6 is 11.6 Å². The van der Waals surface area contributed by atoms with Crippen molar-refractivity contribution in [2.75, 3.05) is 38.3 Å².